The molecule has 2 N–H and O–H groups in total. The second-order valence-corrected chi connectivity index (χ2v) is 10.4. The van der Waals surface area contributed by atoms with E-state index in [1.54, 1.807) is 6.92 Å². The first-order valence-electron chi connectivity index (χ1n) is 12.3. The van der Waals surface area contributed by atoms with E-state index in [1.807, 2.05) is 45.0 Å². The molecule has 1 aromatic carbocycles. The average Bonchev–Trinajstić information content (AvgIpc) is 3.28. The van der Waals surface area contributed by atoms with Gasteiger partial charge in [0.2, 0.25) is 11.8 Å². The standard InChI is InChI=1S/C26H38N2O6S/c1-6-33-20-12-10-19(11-13-20)16-21(24(31)34-7-2)27-25(32)26(14-8-9-15-26)28-23(30)22(17(3)4)35-18(5)29/h10-13,17,21-22H,6-9,14-16H2,1-5H3,(H,27,32)(H,28,30)/t21-,22-/m0/s1. The Kier molecular flexibility index (Phi) is 11.1. The van der Waals surface area contributed by atoms with Crippen LogP contribution in [0.5, 0.6) is 5.75 Å². The van der Waals surface area contributed by atoms with Gasteiger partial charge in [-0.25, -0.2) is 4.79 Å². The van der Waals surface area contributed by atoms with Gasteiger partial charge in [0.15, 0.2) is 5.12 Å². The topological polar surface area (TPSA) is 111 Å². The van der Waals surface area contributed by atoms with Gasteiger partial charge in [0.05, 0.1) is 18.5 Å². The fraction of sp³-hybridized carbons (Fsp3) is 0.615. The lowest BCUT2D eigenvalue weighted by molar-refractivity contribution is -0.148. The maximum Gasteiger partial charge on any atom is 0.328 e. The lowest BCUT2D eigenvalue weighted by Crippen LogP contribution is -2.61. The van der Waals surface area contributed by atoms with Gasteiger partial charge < -0.3 is 20.1 Å². The van der Waals surface area contributed by atoms with E-state index in [0.29, 0.717) is 19.4 Å². The van der Waals surface area contributed by atoms with E-state index < -0.39 is 28.7 Å². The Morgan fingerprint density at radius 3 is 2.17 bits per heavy atom. The van der Waals surface area contributed by atoms with Crippen LogP contribution in [0.3, 0.4) is 0 Å². The zero-order chi connectivity index (χ0) is 26.0. The van der Waals surface area contributed by atoms with E-state index in [2.05, 4.69) is 10.6 Å². The fourth-order valence-corrected chi connectivity index (χ4v) is 5.02. The third-order valence-electron chi connectivity index (χ3n) is 5.96. The smallest absolute Gasteiger partial charge is 0.328 e. The number of carbonyl (C=O) groups excluding carboxylic acids is 4. The van der Waals surface area contributed by atoms with E-state index in [1.165, 1.54) is 6.92 Å². The summed E-state index contributed by atoms with van der Waals surface area (Å²) in [7, 11) is 0. The normalized spacial score (nSPS) is 16.3. The van der Waals surface area contributed by atoms with Crippen molar-refractivity contribution in [1.82, 2.24) is 10.6 Å². The highest BCUT2D eigenvalue weighted by Crippen LogP contribution is 2.32. The maximum absolute atomic E-state index is 13.5. The van der Waals surface area contributed by atoms with Gasteiger partial charge in [0.25, 0.3) is 0 Å². The van der Waals surface area contributed by atoms with Gasteiger partial charge >= 0.3 is 5.97 Å². The van der Waals surface area contributed by atoms with Gasteiger partial charge in [-0.15, -0.1) is 0 Å². The summed E-state index contributed by atoms with van der Waals surface area (Å²) >= 11 is 0.974. The number of rotatable bonds is 12. The lowest BCUT2D eigenvalue weighted by atomic mass is 9.94. The highest BCUT2D eigenvalue weighted by molar-refractivity contribution is 8.14. The number of hydrogen-bond acceptors (Lipinski definition) is 7. The van der Waals surface area contributed by atoms with E-state index >= 15 is 0 Å². The van der Waals surface area contributed by atoms with Crippen molar-refractivity contribution >= 4 is 34.7 Å². The minimum atomic E-state index is -1.12. The predicted molar refractivity (Wildman–Crippen MR) is 136 cm³/mol. The van der Waals surface area contributed by atoms with Crippen LogP contribution in [0.2, 0.25) is 0 Å². The van der Waals surface area contributed by atoms with Crippen molar-refractivity contribution in [3.63, 3.8) is 0 Å². The minimum absolute atomic E-state index is 0.0858. The van der Waals surface area contributed by atoms with Crippen LogP contribution < -0.4 is 15.4 Å². The zero-order valence-electron chi connectivity index (χ0n) is 21.3. The van der Waals surface area contributed by atoms with Crippen LogP contribution >= 0.6 is 11.8 Å². The van der Waals surface area contributed by atoms with E-state index in [0.717, 1.165) is 35.9 Å². The minimum Gasteiger partial charge on any atom is -0.494 e. The summed E-state index contributed by atoms with van der Waals surface area (Å²) in [5.41, 5.74) is -0.278. The third kappa shape index (κ3) is 8.26. The highest BCUT2D eigenvalue weighted by Gasteiger charge is 2.45. The number of ether oxygens (including phenoxy) is 2. The number of carbonyl (C=O) groups is 4. The SMILES string of the molecule is CCOC(=O)[C@H](Cc1ccc(OCC)cc1)NC(=O)C1(NC(=O)[C@@H](SC(C)=O)C(C)C)CCCC1. The molecular weight excluding hydrogens is 468 g/mol. The second kappa shape index (κ2) is 13.5. The summed E-state index contributed by atoms with van der Waals surface area (Å²) in [6.07, 6.45) is 2.75. The number of esters is 1. The van der Waals surface area contributed by atoms with Crippen molar-refractivity contribution < 1.29 is 28.7 Å². The van der Waals surface area contributed by atoms with Crippen LogP contribution in [-0.2, 0) is 30.3 Å². The van der Waals surface area contributed by atoms with Crippen LogP contribution in [0.4, 0.5) is 0 Å². The number of benzene rings is 1. The van der Waals surface area contributed by atoms with E-state index in [-0.39, 0.29) is 30.0 Å². The van der Waals surface area contributed by atoms with Crippen molar-refractivity contribution in [2.24, 2.45) is 5.92 Å². The third-order valence-corrected chi connectivity index (χ3v) is 7.31. The molecule has 0 bridgehead atoms. The Balaban J connectivity index is 2.21. The van der Waals surface area contributed by atoms with Crippen molar-refractivity contribution in [2.45, 2.75) is 83.6 Å². The number of thioether (sulfide) groups is 1. The molecule has 0 unspecified atom stereocenters. The maximum atomic E-state index is 13.5. The van der Waals surface area contributed by atoms with Crippen molar-refractivity contribution in [3.05, 3.63) is 29.8 Å². The van der Waals surface area contributed by atoms with Gasteiger partial charge in [-0.05, 0) is 50.3 Å². The Morgan fingerprint density at radius 1 is 1.03 bits per heavy atom. The van der Waals surface area contributed by atoms with Crippen LogP contribution in [0.15, 0.2) is 24.3 Å². The summed E-state index contributed by atoms with van der Waals surface area (Å²) in [4.78, 5) is 51.0. The van der Waals surface area contributed by atoms with Gasteiger partial charge in [-0.2, -0.15) is 0 Å². The van der Waals surface area contributed by atoms with Crippen LogP contribution in [0.1, 0.15) is 65.9 Å². The highest BCUT2D eigenvalue weighted by atomic mass is 32.2. The van der Waals surface area contributed by atoms with Gasteiger partial charge in [-0.3, -0.25) is 14.4 Å². The molecular formula is C26H38N2O6S. The lowest BCUT2D eigenvalue weighted by Gasteiger charge is -2.33. The van der Waals surface area contributed by atoms with Gasteiger partial charge in [0, 0.05) is 13.3 Å². The average molecular weight is 507 g/mol. The van der Waals surface area contributed by atoms with E-state index in [9.17, 15) is 19.2 Å². The van der Waals surface area contributed by atoms with Crippen LogP contribution in [0.25, 0.3) is 0 Å². The van der Waals surface area contributed by atoms with Crippen molar-refractivity contribution in [3.8, 4) is 5.75 Å². The summed E-state index contributed by atoms with van der Waals surface area (Å²) in [5.74, 6) is -0.624. The molecule has 1 aromatic rings. The Hall–Kier alpha value is -2.55. The molecule has 2 rings (SSSR count). The number of nitrogens with one attached hydrogen (secondary N) is 2. The molecule has 35 heavy (non-hydrogen) atoms. The Labute approximate surface area is 212 Å². The molecule has 2 amide bonds. The molecule has 2 atom stereocenters. The first-order chi connectivity index (χ1) is 16.6. The molecule has 0 heterocycles. The molecule has 8 nitrogen and oxygen atoms in total. The fourth-order valence-electron chi connectivity index (χ4n) is 4.22. The number of hydrogen-bond donors (Lipinski definition) is 2. The number of amides is 2. The molecule has 0 saturated heterocycles. The molecule has 0 aromatic heterocycles. The second-order valence-electron chi connectivity index (χ2n) is 9.11. The molecule has 0 spiro atoms. The Morgan fingerprint density at radius 2 is 1.66 bits per heavy atom. The quantitative estimate of drug-likeness (QED) is 0.418. The Bertz CT molecular complexity index is 880. The van der Waals surface area contributed by atoms with Crippen LogP contribution in [0, 0.1) is 5.92 Å². The van der Waals surface area contributed by atoms with E-state index in [4.69, 9.17) is 9.47 Å². The van der Waals surface area contributed by atoms with Crippen molar-refractivity contribution in [1.29, 1.82) is 0 Å². The molecule has 1 saturated carbocycles. The van der Waals surface area contributed by atoms with Gasteiger partial charge in [-0.1, -0.05) is 50.6 Å². The summed E-state index contributed by atoms with van der Waals surface area (Å²) in [6.45, 7) is 9.53. The zero-order valence-corrected chi connectivity index (χ0v) is 22.2. The van der Waals surface area contributed by atoms with Crippen LogP contribution in [-0.4, -0.2) is 52.9 Å². The first-order valence-corrected chi connectivity index (χ1v) is 13.2. The summed E-state index contributed by atoms with van der Waals surface area (Å²) in [6, 6.07) is 6.44. The van der Waals surface area contributed by atoms with Gasteiger partial charge in [0.1, 0.15) is 17.3 Å². The first kappa shape index (κ1) is 28.7. The molecule has 0 aliphatic heterocycles. The predicted octanol–water partition coefficient (Wildman–Crippen LogP) is 3.41. The molecule has 9 heteroatoms. The summed E-state index contributed by atoms with van der Waals surface area (Å²) in [5, 5.41) is 5.06. The molecule has 1 aliphatic carbocycles. The largest absolute Gasteiger partial charge is 0.494 e. The molecule has 1 aliphatic rings. The molecule has 194 valence electrons. The summed E-state index contributed by atoms with van der Waals surface area (Å²) < 4.78 is 10.7. The monoisotopic (exact) mass is 506 g/mol. The van der Waals surface area contributed by atoms with Crippen molar-refractivity contribution in [2.75, 3.05) is 13.2 Å². The molecule has 0 radical (unpaired) electrons. The molecule has 1 fully saturated rings.